The topological polar surface area (TPSA) is 29.5 Å². The number of aliphatic hydroxyl groups excluding tert-OH is 1. The van der Waals surface area contributed by atoms with Crippen LogP contribution >= 0.6 is 0 Å². The van der Waals surface area contributed by atoms with Crippen LogP contribution in [-0.4, -0.2) is 24.9 Å². The first-order valence-electron chi connectivity index (χ1n) is 4.82. The molecular formula is C11H17O2Yb. The molecule has 0 unspecified atom stereocenters. The van der Waals surface area contributed by atoms with Crippen LogP contribution in [0.1, 0.15) is 19.3 Å². The van der Waals surface area contributed by atoms with Crippen LogP contribution in [0.25, 0.3) is 0 Å². The molecule has 0 aromatic rings. The Bertz CT molecular complexity index is 102. The van der Waals surface area contributed by atoms with Gasteiger partial charge in [-0.3, -0.25) is 0 Å². The molecule has 14 heavy (non-hydrogen) atoms. The molecule has 0 spiro atoms. The molecule has 2 fully saturated rings. The number of rotatable bonds is 2. The summed E-state index contributed by atoms with van der Waals surface area (Å²) in [5.74, 6) is 1.22. The molecule has 87 valence electrons. The predicted octanol–water partition coefficient (Wildman–Crippen LogP) is 1.57. The molecule has 1 saturated heterocycles. The summed E-state index contributed by atoms with van der Waals surface area (Å²) in [5, 5.41) is 8.44. The largest absolute Gasteiger partial charge is 0.396 e. The van der Waals surface area contributed by atoms with Crippen LogP contribution in [0.5, 0.6) is 0 Å². The van der Waals surface area contributed by atoms with Crippen LogP contribution in [0.4, 0.5) is 0 Å². The number of ether oxygens (including phenoxy) is 1. The number of aliphatic hydroxyl groups is 1. The molecule has 2 rings (SSSR count). The SMILES string of the molecule is C1CCOC1.OCC[C]1[CH][CH][CH][CH]1.[Yb]. The fraction of sp³-hybridized carbons (Fsp3) is 0.545. The van der Waals surface area contributed by atoms with Crippen molar-refractivity contribution in [2.75, 3.05) is 19.8 Å². The second-order valence-corrected chi connectivity index (χ2v) is 3.09. The summed E-state index contributed by atoms with van der Waals surface area (Å²) in [6.07, 6.45) is 11.3. The number of hydrogen-bond donors (Lipinski definition) is 1. The van der Waals surface area contributed by atoms with Gasteiger partial charge in [-0.25, -0.2) is 0 Å². The third kappa shape index (κ3) is 7.70. The zero-order valence-electron chi connectivity index (χ0n) is 8.17. The van der Waals surface area contributed by atoms with E-state index in [2.05, 4.69) is 0 Å². The van der Waals surface area contributed by atoms with Crippen molar-refractivity contribution >= 4 is 0 Å². The second-order valence-electron chi connectivity index (χ2n) is 3.09. The summed E-state index contributed by atoms with van der Waals surface area (Å²) in [4.78, 5) is 0. The first-order valence-corrected chi connectivity index (χ1v) is 4.82. The van der Waals surface area contributed by atoms with Crippen molar-refractivity contribution in [2.24, 2.45) is 0 Å². The molecule has 0 aromatic heterocycles. The minimum Gasteiger partial charge on any atom is -0.396 e. The van der Waals surface area contributed by atoms with E-state index >= 15 is 0 Å². The van der Waals surface area contributed by atoms with Gasteiger partial charge >= 0.3 is 0 Å². The van der Waals surface area contributed by atoms with E-state index in [0.29, 0.717) is 0 Å². The maximum Gasteiger partial charge on any atom is 0.0466 e. The molecule has 1 aliphatic heterocycles. The molecule has 2 aliphatic rings. The Hall–Kier alpha value is 1.44. The van der Waals surface area contributed by atoms with E-state index in [4.69, 9.17) is 9.84 Å². The summed E-state index contributed by atoms with van der Waals surface area (Å²) >= 11 is 0. The third-order valence-electron chi connectivity index (χ3n) is 1.96. The Balaban J connectivity index is 0.000000246. The molecule has 0 amide bonds. The monoisotopic (exact) mass is 355 g/mol. The Labute approximate surface area is 126 Å². The molecule has 1 saturated carbocycles. The zero-order valence-corrected chi connectivity index (χ0v) is 9.89. The van der Waals surface area contributed by atoms with Crippen LogP contribution in [0.15, 0.2) is 0 Å². The van der Waals surface area contributed by atoms with Gasteiger partial charge in [0.25, 0.3) is 0 Å². The van der Waals surface area contributed by atoms with Crippen molar-refractivity contribution in [1.82, 2.24) is 0 Å². The van der Waals surface area contributed by atoms with Crippen LogP contribution in [0, 0.1) is 78.5 Å². The summed E-state index contributed by atoms with van der Waals surface area (Å²) in [5.41, 5.74) is 0. The van der Waals surface area contributed by atoms with Gasteiger partial charge in [-0.1, -0.05) is 0 Å². The summed E-state index contributed by atoms with van der Waals surface area (Å²) < 4.78 is 4.94. The van der Waals surface area contributed by atoms with Crippen LogP contribution in [0.3, 0.4) is 0 Å². The first-order chi connectivity index (χ1) is 6.43. The summed E-state index contributed by atoms with van der Waals surface area (Å²) in [6.45, 7) is 2.25. The van der Waals surface area contributed by atoms with Gasteiger partial charge in [-0.15, -0.1) is 0 Å². The van der Waals surface area contributed by atoms with E-state index in [1.807, 2.05) is 25.7 Å². The van der Waals surface area contributed by atoms with Crippen molar-refractivity contribution < 1.29 is 56.8 Å². The minimum atomic E-state index is 0. The fourth-order valence-corrected chi connectivity index (χ4v) is 1.22. The van der Waals surface area contributed by atoms with Gasteiger partial charge in [0.2, 0.25) is 0 Å². The van der Waals surface area contributed by atoms with E-state index in [1.165, 1.54) is 18.8 Å². The molecule has 5 radical (unpaired) electrons. The maximum absolute atomic E-state index is 8.44. The van der Waals surface area contributed by atoms with E-state index in [9.17, 15) is 0 Å². The van der Waals surface area contributed by atoms with Crippen molar-refractivity contribution in [1.29, 1.82) is 0 Å². The molecule has 1 N–H and O–H groups in total. The third-order valence-corrected chi connectivity index (χ3v) is 1.96. The van der Waals surface area contributed by atoms with E-state index in [0.717, 1.165) is 19.6 Å². The maximum atomic E-state index is 8.44. The molecule has 0 aromatic carbocycles. The van der Waals surface area contributed by atoms with Gasteiger partial charge in [0, 0.05) is 66.7 Å². The summed E-state index contributed by atoms with van der Waals surface area (Å²) in [6, 6.07) is 0. The average Bonchev–Trinajstić information content (AvgIpc) is 2.79. The fourth-order valence-electron chi connectivity index (χ4n) is 1.22. The first kappa shape index (κ1) is 15.4. The predicted molar refractivity (Wildman–Crippen MR) is 52.2 cm³/mol. The Morgan fingerprint density at radius 3 is 2.07 bits per heavy atom. The zero-order chi connectivity index (χ0) is 9.36. The second kappa shape index (κ2) is 10.9. The van der Waals surface area contributed by atoms with Crippen LogP contribution in [-0.2, 0) is 4.74 Å². The van der Waals surface area contributed by atoms with Gasteiger partial charge in [0.05, 0.1) is 0 Å². The Morgan fingerprint density at radius 1 is 1.14 bits per heavy atom. The van der Waals surface area contributed by atoms with E-state index in [-0.39, 0.29) is 53.5 Å². The van der Waals surface area contributed by atoms with Gasteiger partial charge in [0.1, 0.15) is 0 Å². The van der Waals surface area contributed by atoms with E-state index < -0.39 is 0 Å². The average molecular weight is 354 g/mol. The van der Waals surface area contributed by atoms with Crippen LogP contribution in [0.2, 0.25) is 0 Å². The van der Waals surface area contributed by atoms with Crippen molar-refractivity contribution in [3.05, 3.63) is 31.6 Å². The summed E-state index contributed by atoms with van der Waals surface area (Å²) in [7, 11) is 0. The van der Waals surface area contributed by atoms with Crippen molar-refractivity contribution in [3.63, 3.8) is 0 Å². The molecule has 0 bridgehead atoms. The number of hydrogen-bond acceptors (Lipinski definition) is 2. The van der Waals surface area contributed by atoms with Crippen molar-refractivity contribution in [2.45, 2.75) is 19.3 Å². The smallest absolute Gasteiger partial charge is 0.0466 e. The van der Waals surface area contributed by atoms with Gasteiger partial charge in [-0.05, 0) is 50.9 Å². The normalized spacial score (nSPS) is 21.2. The molecule has 1 heterocycles. The Kier molecular flexibility index (Phi) is 12.1. The molecular weight excluding hydrogens is 337 g/mol. The quantitative estimate of drug-likeness (QED) is 0.816. The Morgan fingerprint density at radius 2 is 1.71 bits per heavy atom. The van der Waals surface area contributed by atoms with E-state index in [1.54, 1.807) is 0 Å². The molecule has 0 atom stereocenters. The molecule has 1 aliphatic carbocycles. The molecule has 3 heteroatoms. The van der Waals surface area contributed by atoms with Gasteiger partial charge < -0.3 is 9.84 Å². The van der Waals surface area contributed by atoms with Crippen molar-refractivity contribution in [3.8, 4) is 0 Å². The van der Waals surface area contributed by atoms with Gasteiger partial charge in [-0.2, -0.15) is 0 Å². The minimum absolute atomic E-state index is 0. The molecule has 2 nitrogen and oxygen atoms in total. The van der Waals surface area contributed by atoms with Crippen LogP contribution < -0.4 is 0 Å². The van der Waals surface area contributed by atoms with Gasteiger partial charge in [0.15, 0.2) is 0 Å². The standard InChI is InChI=1S/C7H9O.C4H8O.Yb/c8-6-5-7-3-1-2-4-7;1-2-4-5-3-1;/h1-4,8H,5-6H2;1-4H2;.